The molecule has 0 unspecified atom stereocenters. The fourth-order valence-corrected chi connectivity index (χ4v) is 2.39. The number of benzene rings is 2. The van der Waals surface area contributed by atoms with Gasteiger partial charge in [-0.2, -0.15) is 0 Å². The first kappa shape index (κ1) is 19.1. The molecular formula is C20H24ClNO3. The van der Waals surface area contributed by atoms with Crippen LogP contribution in [-0.2, 0) is 4.79 Å². The molecule has 0 aliphatic heterocycles. The summed E-state index contributed by atoms with van der Waals surface area (Å²) in [7, 11) is 0. The standard InChI is InChI=1S/C20H24ClNO3/c1-4-19(25-18-8-5-14(2)15(3)13-18)20(23)22-11-12-24-17-9-6-16(21)7-10-17/h5-10,13,19H,4,11-12H2,1-3H3,(H,22,23)/t19-/m0/s1. The Bertz CT molecular complexity index is 701. The first-order valence-corrected chi connectivity index (χ1v) is 8.77. The smallest absolute Gasteiger partial charge is 0.261 e. The third kappa shape index (κ3) is 5.98. The van der Waals surface area contributed by atoms with E-state index in [4.69, 9.17) is 21.1 Å². The van der Waals surface area contributed by atoms with Crippen molar-refractivity contribution in [1.29, 1.82) is 0 Å². The Hall–Kier alpha value is -2.20. The molecule has 1 N–H and O–H groups in total. The summed E-state index contributed by atoms with van der Waals surface area (Å²) in [6.07, 6.45) is 0.0780. The number of hydrogen-bond donors (Lipinski definition) is 1. The van der Waals surface area contributed by atoms with Crippen molar-refractivity contribution >= 4 is 17.5 Å². The predicted molar refractivity (Wildman–Crippen MR) is 101 cm³/mol. The van der Waals surface area contributed by atoms with Crippen LogP contribution in [0.2, 0.25) is 5.02 Å². The monoisotopic (exact) mass is 361 g/mol. The number of rotatable bonds is 8. The third-order valence-electron chi connectivity index (χ3n) is 3.90. The minimum atomic E-state index is -0.516. The predicted octanol–water partition coefficient (Wildman–Crippen LogP) is 4.31. The first-order chi connectivity index (χ1) is 12.0. The molecular weight excluding hydrogens is 338 g/mol. The number of carbonyl (C=O) groups excluding carboxylic acids is 1. The third-order valence-corrected chi connectivity index (χ3v) is 4.16. The van der Waals surface area contributed by atoms with Crippen molar-refractivity contribution in [1.82, 2.24) is 5.32 Å². The van der Waals surface area contributed by atoms with Crippen LogP contribution in [0.25, 0.3) is 0 Å². The molecule has 1 atom stereocenters. The van der Waals surface area contributed by atoms with Crippen LogP contribution in [-0.4, -0.2) is 25.2 Å². The number of nitrogens with one attached hydrogen (secondary N) is 1. The topological polar surface area (TPSA) is 47.6 Å². The van der Waals surface area contributed by atoms with Gasteiger partial charge in [0.1, 0.15) is 18.1 Å². The van der Waals surface area contributed by atoms with Gasteiger partial charge in [-0.15, -0.1) is 0 Å². The van der Waals surface area contributed by atoms with Crippen molar-refractivity contribution < 1.29 is 14.3 Å². The molecule has 0 aliphatic carbocycles. The lowest BCUT2D eigenvalue weighted by Gasteiger charge is -2.18. The van der Waals surface area contributed by atoms with Gasteiger partial charge in [-0.1, -0.05) is 24.6 Å². The van der Waals surface area contributed by atoms with Crippen LogP contribution in [0.3, 0.4) is 0 Å². The van der Waals surface area contributed by atoms with E-state index in [0.29, 0.717) is 30.3 Å². The number of ether oxygens (including phenoxy) is 2. The first-order valence-electron chi connectivity index (χ1n) is 8.39. The van der Waals surface area contributed by atoms with E-state index in [-0.39, 0.29) is 5.91 Å². The zero-order valence-electron chi connectivity index (χ0n) is 14.8. The summed E-state index contributed by atoms with van der Waals surface area (Å²) < 4.78 is 11.4. The van der Waals surface area contributed by atoms with Crippen molar-refractivity contribution in [2.75, 3.05) is 13.2 Å². The van der Waals surface area contributed by atoms with Crippen molar-refractivity contribution in [3.63, 3.8) is 0 Å². The van der Waals surface area contributed by atoms with E-state index in [9.17, 15) is 4.79 Å². The van der Waals surface area contributed by atoms with Gasteiger partial charge in [-0.05, 0) is 67.8 Å². The number of halogens is 1. The summed E-state index contributed by atoms with van der Waals surface area (Å²) >= 11 is 5.82. The highest BCUT2D eigenvalue weighted by Gasteiger charge is 2.18. The molecule has 0 bridgehead atoms. The number of amides is 1. The van der Waals surface area contributed by atoms with Gasteiger partial charge in [0.2, 0.25) is 0 Å². The van der Waals surface area contributed by atoms with E-state index in [1.54, 1.807) is 24.3 Å². The Kier molecular flexibility index (Phi) is 7.14. The Morgan fingerprint density at radius 3 is 2.40 bits per heavy atom. The summed E-state index contributed by atoms with van der Waals surface area (Å²) in [5.41, 5.74) is 2.34. The summed E-state index contributed by atoms with van der Waals surface area (Å²) in [5, 5.41) is 3.51. The largest absolute Gasteiger partial charge is 0.492 e. The molecule has 0 heterocycles. The fraction of sp³-hybridized carbons (Fsp3) is 0.350. The Morgan fingerprint density at radius 2 is 1.76 bits per heavy atom. The molecule has 0 saturated carbocycles. The number of carbonyl (C=O) groups is 1. The van der Waals surface area contributed by atoms with Gasteiger partial charge < -0.3 is 14.8 Å². The molecule has 0 radical (unpaired) electrons. The molecule has 2 aromatic carbocycles. The van der Waals surface area contributed by atoms with Crippen LogP contribution in [0.15, 0.2) is 42.5 Å². The molecule has 4 nitrogen and oxygen atoms in total. The van der Waals surface area contributed by atoms with E-state index >= 15 is 0 Å². The molecule has 25 heavy (non-hydrogen) atoms. The van der Waals surface area contributed by atoms with Crippen LogP contribution < -0.4 is 14.8 Å². The quantitative estimate of drug-likeness (QED) is 0.713. The zero-order chi connectivity index (χ0) is 18.2. The van der Waals surface area contributed by atoms with Gasteiger partial charge >= 0.3 is 0 Å². The van der Waals surface area contributed by atoms with Crippen LogP contribution >= 0.6 is 11.6 Å². The van der Waals surface area contributed by atoms with Gasteiger partial charge in [0, 0.05) is 5.02 Å². The molecule has 5 heteroatoms. The normalized spacial score (nSPS) is 11.7. The molecule has 2 aromatic rings. The Balaban J connectivity index is 1.79. The van der Waals surface area contributed by atoms with Crippen molar-refractivity contribution in [2.45, 2.75) is 33.3 Å². The summed E-state index contributed by atoms with van der Waals surface area (Å²) in [6.45, 7) is 6.79. The van der Waals surface area contributed by atoms with Crippen LogP contribution in [0, 0.1) is 13.8 Å². The molecule has 0 fully saturated rings. The minimum absolute atomic E-state index is 0.138. The maximum atomic E-state index is 12.3. The molecule has 2 rings (SSSR count). The highest BCUT2D eigenvalue weighted by atomic mass is 35.5. The number of aryl methyl sites for hydroxylation is 2. The van der Waals surface area contributed by atoms with Gasteiger partial charge in [0.15, 0.2) is 6.10 Å². The van der Waals surface area contributed by atoms with E-state index in [1.165, 1.54) is 5.56 Å². The van der Waals surface area contributed by atoms with Crippen LogP contribution in [0.5, 0.6) is 11.5 Å². The second kappa shape index (κ2) is 9.33. The van der Waals surface area contributed by atoms with Gasteiger partial charge in [0.25, 0.3) is 5.91 Å². The van der Waals surface area contributed by atoms with Crippen LogP contribution in [0.1, 0.15) is 24.5 Å². The lowest BCUT2D eigenvalue weighted by molar-refractivity contribution is -0.128. The molecule has 134 valence electrons. The maximum Gasteiger partial charge on any atom is 0.261 e. The van der Waals surface area contributed by atoms with Crippen molar-refractivity contribution in [3.8, 4) is 11.5 Å². The molecule has 1 amide bonds. The van der Waals surface area contributed by atoms with E-state index < -0.39 is 6.10 Å². The summed E-state index contributed by atoms with van der Waals surface area (Å²) in [4.78, 5) is 12.3. The summed E-state index contributed by atoms with van der Waals surface area (Å²) in [6, 6.07) is 13.0. The zero-order valence-corrected chi connectivity index (χ0v) is 15.6. The number of hydrogen-bond acceptors (Lipinski definition) is 3. The second-order valence-corrected chi connectivity index (χ2v) is 6.29. The van der Waals surface area contributed by atoms with Crippen molar-refractivity contribution in [3.05, 3.63) is 58.6 Å². The highest BCUT2D eigenvalue weighted by molar-refractivity contribution is 6.30. The molecule has 0 saturated heterocycles. The van der Waals surface area contributed by atoms with Crippen molar-refractivity contribution in [2.24, 2.45) is 0 Å². The Morgan fingerprint density at radius 1 is 1.08 bits per heavy atom. The second-order valence-electron chi connectivity index (χ2n) is 5.85. The minimum Gasteiger partial charge on any atom is -0.492 e. The lowest BCUT2D eigenvalue weighted by atomic mass is 10.1. The Labute approximate surface area is 154 Å². The fourth-order valence-electron chi connectivity index (χ4n) is 2.26. The van der Waals surface area contributed by atoms with E-state index in [2.05, 4.69) is 5.32 Å². The lowest BCUT2D eigenvalue weighted by Crippen LogP contribution is -2.39. The highest BCUT2D eigenvalue weighted by Crippen LogP contribution is 2.18. The molecule has 0 spiro atoms. The van der Waals surface area contributed by atoms with Gasteiger partial charge in [0.05, 0.1) is 6.54 Å². The molecule has 0 aromatic heterocycles. The SMILES string of the molecule is CC[C@H](Oc1ccc(C)c(C)c1)C(=O)NCCOc1ccc(Cl)cc1. The van der Waals surface area contributed by atoms with Gasteiger partial charge in [-0.3, -0.25) is 4.79 Å². The molecule has 0 aliphatic rings. The maximum absolute atomic E-state index is 12.3. The van der Waals surface area contributed by atoms with E-state index in [1.807, 2.05) is 39.0 Å². The average molecular weight is 362 g/mol. The van der Waals surface area contributed by atoms with E-state index in [0.717, 1.165) is 11.3 Å². The van der Waals surface area contributed by atoms with Gasteiger partial charge in [-0.25, -0.2) is 0 Å². The summed E-state index contributed by atoms with van der Waals surface area (Å²) in [5.74, 6) is 1.29. The van der Waals surface area contributed by atoms with Crippen LogP contribution in [0.4, 0.5) is 0 Å². The average Bonchev–Trinajstić information content (AvgIpc) is 2.61.